The highest BCUT2D eigenvalue weighted by atomic mass is 32.1. The smallest absolute Gasteiger partial charge is 0.317 e. The maximum Gasteiger partial charge on any atom is 0.317 e. The first-order valence-corrected chi connectivity index (χ1v) is 8.52. The van der Waals surface area contributed by atoms with Gasteiger partial charge in [-0.15, -0.1) is 11.3 Å². The van der Waals surface area contributed by atoms with Gasteiger partial charge in [0, 0.05) is 43.5 Å². The summed E-state index contributed by atoms with van der Waals surface area (Å²) in [6.07, 6.45) is 5.39. The topological polar surface area (TPSA) is 59.4 Å². The van der Waals surface area contributed by atoms with Gasteiger partial charge in [0.2, 0.25) is 0 Å². The van der Waals surface area contributed by atoms with E-state index in [9.17, 15) is 4.79 Å². The van der Waals surface area contributed by atoms with Gasteiger partial charge in [0.15, 0.2) is 0 Å². The number of rotatable bonds is 8. The van der Waals surface area contributed by atoms with Crippen molar-refractivity contribution < 1.29 is 9.53 Å². The Bertz CT molecular complexity index is 597. The second-order valence-electron chi connectivity index (χ2n) is 5.49. The zero-order valence-electron chi connectivity index (χ0n) is 13.9. The summed E-state index contributed by atoms with van der Waals surface area (Å²) >= 11 is 1.68. The third-order valence-corrected chi connectivity index (χ3v) is 4.75. The molecule has 2 aromatic heterocycles. The van der Waals surface area contributed by atoms with Crippen molar-refractivity contribution in [1.82, 2.24) is 19.8 Å². The van der Waals surface area contributed by atoms with Gasteiger partial charge in [0.25, 0.3) is 0 Å². The van der Waals surface area contributed by atoms with Crippen LogP contribution in [0.2, 0.25) is 0 Å². The number of nitrogens with one attached hydrogen (secondary N) is 1. The molecule has 7 heteroatoms. The lowest BCUT2D eigenvalue weighted by atomic mass is 10.3. The molecule has 1 unspecified atom stereocenters. The predicted molar refractivity (Wildman–Crippen MR) is 91.7 cm³/mol. The van der Waals surface area contributed by atoms with Crippen molar-refractivity contribution in [2.45, 2.75) is 26.4 Å². The Kier molecular flexibility index (Phi) is 6.61. The van der Waals surface area contributed by atoms with E-state index >= 15 is 0 Å². The van der Waals surface area contributed by atoms with Crippen molar-refractivity contribution in [3.05, 3.63) is 40.6 Å². The molecule has 23 heavy (non-hydrogen) atoms. The summed E-state index contributed by atoms with van der Waals surface area (Å²) in [5.41, 5.74) is 1.22. The molecule has 0 fully saturated rings. The standard InChI is InChI=1S/C16H24N4O2S/c1-13-4-9-23-15(13)11-19(7-8-22-3)16(21)18-10-14(2)20-6-5-17-12-20/h4-6,9,12,14H,7-8,10-11H2,1-3H3,(H,18,21). The van der Waals surface area contributed by atoms with E-state index in [2.05, 4.69) is 28.7 Å². The quantitative estimate of drug-likeness (QED) is 0.806. The Morgan fingerprint density at radius 2 is 2.39 bits per heavy atom. The largest absolute Gasteiger partial charge is 0.383 e. The maximum atomic E-state index is 12.5. The minimum atomic E-state index is -0.0678. The molecule has 0 aliphatic heterocycles. The van der Waals surface area contributed by atoms with Crippen molar-refractivity contribution in [1.29, 1.82) is 0 Å². The molecule has 2 aromatic rings. The van der Waals surface area contributed by atoms with Gasteiger partial charge in [-0.3, -0.25) is 0 Å². The number of carbonyl (C=O) groups excluding carboxylic acids is 1. The molecule has 0 radical (unpaired) electrons. The Hall–Kier alpha value is -1.86. The number of urea groups is 1. The molecule has 126 valence electrons. The molecular weight excluding hydrogens is 312 g/mol. The summed E-state index contributed by atoms with van der Waals surface area (Å²) in [6.45, 7) is 6.37. The van der Waals surface area contributed by atoms with Crippen LogP contribution in [0, 0.1) is 6.92 Å². The fourth-order valence-electron chi connectivity index (χ4n) is 2.18. The van der Waals surface area contributed by atoms with Gasteiger partial charge in [-0.05, 0) is 30.9 Å². The summed E-state index contributed by atoms with van der Waals surface area (Å²) < 4.78 is 7.10. The number of carbonyl (C=O) groups is 1. The van der Waals surface area contributed by atoms with Gasteiger partial charge in [-0.25, -0.2) is 9.78 Å². The third kappa shape index (κ3) is 5.07. The van der Waals surface area contributed by atoms with E-state index in [1.54, 1.807) is 35.9 Å². The average Bonchev–Trinajstić information content (AvgIpc) is 3.21. The highest BCUT2D eigenvalue weighted by Gasteiger charge is 2.16. The Morgan fingerprint density at radius 3 is 3.00 bits per heavy atom. The first kappa shape index (κ1) is 17.5. The van der Waals surface area contributed by atoms with Crippen molar-refractivity contribution in [2.75, 3.05) is 26.8 Å². The molecule has 0 bridgehead atoms. The van der Waals surface area contributed by atoms with E-state index < -0.39 is 0 Å². The van der Waals surface area contributed by atoms with Gasteiger partial charge < -0.3 is 19.5 Å². The van der Waals surface area contributed by atoms with Crippen molar-refractivity contribution in [3.8, 4) is 0 Å². The van der Waals surface area contributed by atoms with Crippen LogP contribution >= 0.6 is 11.3 Å². The molecule has 0 aliphatic carbocycles. The number of amides is 2. The van der Waals surface area contributed by atoms with Crippen LogP contribution in [-0.2, 0) is 11.3 Å². The first-order valence-electron chi connectivity index (χ1n) is 7.64. The lowest BCUT2D eigenvalue weighted by Crippen LogP contribution is -2.42. The molecule has 1 atom stereocenters. The summed E-state index contributed by atoms with van der Waals surface area (Å²) in [5.74, 6) is 0. The van der Waals surface area contributed by atoms with Crippen LogP contribution in [0.5, 0.6) is 0 Å². The Balaban J connectivity index is 1.92. The lowest BCUT2D eigenvalue weighted by Gasteiger charge is -2.24. The van der Waals surface area contributed by atoms with Crippen LogP contribution < -0.4 is 5.32 Å². The summed E-state index contributed by atoms with van der Waals surface area (Å²) in [6, 6.07) is 2.17. The summed E-state index contributed by atoms with van der Waals surface area (Å²) in [5, 5.41) is 5.05. The molecule has 0 saturated carbocycles. The van der Waals surface area contributed by atoms with Gasteiger partial charge in [-0.1, -0.05) is 0 Å². The van der Waals surface area contributed by atoms with E-state index in [1.807, 2.05) is 17.7 Å². The minimum absolute atomic E-state index is 0.0678. The molecule has 0 aromatic carbocycles. The third-order valence-electron chi connectivity index (χ3n) is 3.74. The Morgan fingerprint density at radius 1 is 1.57 bits per heavy atom. The monoisotopic (exact) mass is 336 g/mol. The number of imidazole rings is 1. The van der Waals surface area contributed by atoms with E-state index in [0.717, 1.165) is 0 Å². The van der Waals surface area contributed by atoms with E-state index in [-0.39, 0.29) is 12.1 Å². The van der Waals surface area contributed by atoms with Crippen molar-refractivity contribution >= 4 is 17.4 Å². The molecule has 0 aliphatic rings. The molecule has 2 amide bonds. The second-order valence-corrected chi connectivity index (χ2v) is 6.49. The first-order chi connectivity index (χ1) is 11.1. The van der Waals surface area contributed by atoms with Crippen molar-refractivity contribution in [2.24, 2.45) is 0 Å². The van der Waals surface area contributed by atoms with Crippen molar-refractivity contribution in [3.63, 3.8) is 0 Å². The van der Waals surface area contributed by atoms with E-state index in [4.69, 9.17) is 4.74 Å². The maximum absolute atomic E-state index is 12.5. The number of aryl methyl sites for hydroxylation is 1. The summed E-state index contributed by atoms with van der Waals surface area (Å²) in [7, 11) is 1.65. The zero-order chi connectivity index (χ0) is 16.7. The number of hydrogen-bond acceptors (Lipinski definition) is 4. The number of ether oxygens (including phenoxy) is 1. The number of hydrogen-bond donors (Lipinski definition) is 1. The van der Waals surface area contributed by atoms with Gasteiger partial charge in [0.1, 0.15) is 0 Å². The van der Waals surface area contributed by atoms with Crippen LogP contribution in [0.3, 0.4) is 0 Å². The van der Waals surface area contributed by atoms with Gasteiger partial charge in [0.05, 0.1) is 19.5 Å². The van der Waals surface area contributed by atoms with Crippen LogP contribution in [-0.4, -0.2) is 47.3 Å². The van der Waals surface area contributed by atoms with Crippen LogP contribution in [0.15, 0.2) is 30.2 Å². The van der Waals surface area contributed by atoms with Crippen LogP contribution in [0.1, 0.15) is 23.4 Å². The van der Waals surface area contributed by atoms with Gasteiger partial charge in [-0.2, -0.15) is 0 Å². The number of nitrogens with zero attached hydrogens (tertiary/aromatic N) is 3. The number of methoxy groups -OCH3 is 1. The minimum Gasteiger partial charge on any atom is -0.383 e. The fraction of sp³-hybridized carbons (Fsp3) is 0.500. The molecule has 1 N–H and O–H groups in total. The van der Waals surface area contributed by atoms with Crippen LogP contribution in [0.4, 0.5) is 4.79 Å². The van der Waals surface area contributed by atoms with Gasteiger partial charge >= 0.3 is 6.03 Å². The normalized spacial score (nSPS) is 12.1. The molecule has 0 spiro atoms. The number of thiophene rings is 1. The van der Waals surface area contributed by atoms with Crippen LogP contribution in [0.25, 0.3) is 0 Å². The average molecular weight is 336 g/mol. The zero-order valence-corrected chi connectivity index (χ0v) is 14.7. The molecule has 0 saturated heterocycles. The van der Waals surface area contributed by atoms with E-state index in [1.165, 1.54) is 10.4 Å². The highest BCUT2D eigenvalue weighted by Crippen LogP contribution is 2.18. The molecule has 2 heterocycles. The number of aromatic nitrogens is 2. The highest BCUT2D eigenvalue weighted by molar-refractivity contribution is 7.10. The predicted octanol–water partition coefficient (Wildman–Crippen LogP) is 2.67. The fourth-order valence-corrected chi connectivity index (χ4v) is 3.10. The molecule has 6 nitrogen and oxygen atoms in total. The Labute approximate surface area is 141 Å². The second kappa shape index (κ2) is 8.69. The van der Waals surface area contributed by atoms with E-state index in [0.29, 0.717) is 26.2 Å². The lowest BCUT2D eigenvalue weighted by molar-refractivity contribution is 0.146. The SMILES string of the molecule is COCCN(Cc1sccc1C)C(=O)NCC(C)n1ccnc1. The summed E-state index contributed by atoms with van der Waals surface area (Å²) in [4.78, 5) is 19.5. The molecular formula is C16H24N4O2S. The molecule has 2 rings (SSSR count).